The molecule has 0 atom stereocenters. The fraction of sp³-hybridized carbons (Fsp3) is 0.136. The van der Waals surface area contributed by atoms with Gasteiger partial charge in [0.2, 0.25) is 0 Å². The minimum absolute atomic E-state index is 0.342. The first-order chi connectivity index (χ1) is 14.5. The van der Waals surface area contributed by atoms with Crippen molar-refractivity contribution in [3.63, 3.8) is 0 Å². The molecule has 154 valence electrons. The van der Waals surface area contributed by atoms with E-state index in [4.69, 9.17) is 13.9 Å². The first kappa shape index (κ1) is 20.7. The Morgan fingerprint density at radius 2 is 1.57 bits per heavy atom. The lowest BCUT2D eigenvalue weighted by Crippen LogP contribution is -2.17. The minimum Gasteiger partial charge on any atom is -0.497 e. The molecular formula is C22H20N2O6. The molecule has 30 heavy (non-hydrogen) atoms. The lowest BCUT2D eigenvalue weighted by molar-refractivity contribution is 0.0600. The molecular weight excluding hydrogens is 388 g/mol. The van der Waals surface area contributed by atoms with Crippen LogP contribution in [-0.2, 0) is 4.74 Å². The van der Waals surface area contributed by atoms with Crippen molar-refractivity contribution >= 4 is 18.1 Å². The molecule has 0 aliphatic rings. The number of furan rings is 1. The Labute approximate surface area is 173 Å². The fourth-order valence-electron chi connectivity index (χ4n) is 2.62. The van der Waals surface area contributed by atoms with Crippen molar-refractivity contribution in [1.82, 2.24) is 5.43 Å². The highest BCUT2D eigenvalue weighted by atomic mass is 16.5. The number of esters is 1. The Morgan fingerprint density at radius 3 is 2.17 bits per heavy atom. The molecule has 1 N–H and O–H groups in total. The van der Waals surface area contributed by atoms with Crippen molar-refractivity contribution in [2.24, 2.45) is 5.10 Å². The quantitative estimate of drug-likeness (QED) is 0.365. The van der Waals surface area contributed by atoms with Crippen LogP contribution in [0.1, 0.15) is 26.5 Å². The van der Waals surface area contributed by atoms with Gasteiger partial charge in [-0.2, -0.15) is 5.10 Å². The predicted octanol–water partition coefficient (Wildman–Crippen LogP) is 3.51. The summed E-state index contributed by atoms with van der Waals surface area (Å²) in [5.74, 6) is 1.21. The van der Waals surface area contributed by atoms with Gasteiger partial charge in [-0.15, -0.1) is 0 Å². The van der Waals surface area contributed by atoms with E-state index in [1.165, 1.54) is 27.5 Å². The van der Waals surface area contributed by atoms with Gasteiger partial charge in [-0.05, 0) is 36.4 Å². The first-order valence-electron chi connectivity index (χ1n) is 8.89. The van der Waals surface area contributed by atoms with E-state index in [0.717, 1.165) is 5.56 Å². The maximum absolute atomic E-state index is 12.3. The van der Waals surface area contributed by atoms with Crippen LogP contribution >= 0.6 is 0 Å². The Hall–Kier alpha value is -4.07. The van der Waals surface area contributed by atoms with Gasteiger partial charge in [0.05, 0.1) is 33.1 Å². The molecule has 0 unspecified atom stereocenters. The second-order valence-corrected chi connectivity index (χ2v) is 6.07. The SMILES string of the molecule is COC(=O)c1ccc(-c2ccc(/C=N\NC(=O)c3cc(OC)cc(OC)c3)o2)cc1. The maximum Gasteiger partial charge on any atom is 0.337 e. The molecule has 0 radical (unpaired) electrons. The number of carbonyl (C=O) groups is 2. The van der Waals surface area contributed by atoms with E-state index in [0.29, 0.717) is 34.1 Å². The van der Waals surface area contributed by atoms with E-state index in [-0.39, 0.29) is 0 Å². The zero-order valence-corrected chi connectivity index (χ0v) is 16.7. The van der Waals surface area contributed by atoms with E-state index in [1.54, 1.807) is 54.6 Å². The van der Waals surface area contributed by atoms with Gasteiger partial charge >= 0.3 is 5.97 Å². The third-order valence-corrected chi connectivity index (χ3v) is 4.19. The van der Waals surface area contributed by atoms with Crippen LogP contribution in [0.2, 0.25) is 0 Å². The molecule has 0 fully saturated rings. The number of amides is 1. The van der Waals surface area contributed by atoms with Crippen LogP contribution in [0.3, 0.4) is 0 Å². The summed E-state index contributed by atoms with van der Waals surface area (Å²) >= 11 is 0. The molecule has 0 bridgehead atoms. The minimum atomic E-state index is -0.423. The highest BCUT2D eigenvalue weighted by molar-refractivity contribution is 5.95. The van der Waals surface area contributed by atoms with Crippen molar-refractivity contribution in [3.05, 3.63) is 71.5 Å². The monoisotopic (exact) mass is 408 g/mol. The summed E-state index contributed by atoms with van der Waals surface area (Å²) in [5.41, 5.74) is 4.01. The second kappa shape index (κ2) is 9.42. The zero-order valence-electron chi connectivity index (χ0n) is 16.7. The van der Waals surface area contributed by atoms with Crippen molar-refractivity contribution in [2.45, 2.75) is 0 Å². The van der Waals surface area contributed by atoms with Crippen LogP contribution in [0.25, 0.3) is 11.3 Å². The molecule has 8 heteroatoms. The van der Waals surface area contributed by atoms with Crippen molar-refractivity contribution in [2.75, 3.05) is 21.3 Å². The number of hydrazone groups is 1. The Kier molecular flexibility index (Phi) is 6.49. The van der Waals surface area contributed by atoms with Crippen molar-refractivity contribution in [3.8, 4) is 22.8 Å². The van der Waals surface area contributed by atoms with Gasteiger partial charge in [-0.1, -0.05) is 12.1 Å². The second-order valence-electron chi connectivity index (χ2n) is 6.07. The van der Waals surface area contributed by atoms with Gasteiger partial charge in [-0.3, -0.25) is 4.79 Å². The number of carbonyl (C=O) groups excluding carboxylic acids is 2. The Bertz CT molecular complexity index is 1050. The molecule has 1 amide bonds. The summed E-state index contributed by atoms with van der Waals surface area (Å²) in [6.45, 7) is 0. The first-order valence-corrected chi connectivity index (χ1v) is 8.89. The van der Waals surface area contributed by atoms with Gasteiger partial charge < -0.3 is 18.6 Å². The van der Waals surface area contributed by atoms with Crippen LogP contribution in [-0.4, -0.2) is 39.4 Å². The number of hydrogen-bond acceptors (Lipinski definition) is 7. The number of rotatable bonds is 7. The fourth-order valence-corrected chi connectivity index (χ4v) is 2.62. The number of nitrogens with zero attached hydrogens (tertiary/aromatic N) is 1. The van der Waals surface area contributed by atoms with Gasteiger partial charge in [0.25, 0.3) is 5.91 Å². The number of nitrogens with one attached hydrogen (secondary N) is 1. The largest absolute Gasteiger partial charge is 0.497 e. The maximum atomic E-state index is 12.3. The van der Waals surface area contributed by atoms with Gasteiger partial charge in [-0.25, -0.2) is 10.2 Å². The van der Waals surface area contributed by atoms with E-state index >= 15 is 0 Å². The van der Waals surface area contributed by atoms with Crippen LogP contribution in [0, 0.1) is 0 Å². The van der Waals surface area contributed by atoms with Crippen LogP contribution in [0.15, 0.2) is 64.1 Å². The third-order valence-electron chi connectivity index (χ3n) is 4.19. The average Bonchev–Trinajstić information content (AvgIpc) is 3.27. The molecule has 0 saturated carbocycles. The summed E-state index contributed by atoms with van der Waals surface area (Å²) in [5, 5.41) is 3.92. The zero-order chi connectivity index (χ0) is 21.5. The van der Waals surface area contributed by atoms with E-state index < -0.39 is 11.9 Å². The Balaban J connectivity index is 1.66. The van der Waals surface area contributed by atoms with Gasteiger partial charge in [0.15, 0.2) is 0 Å². The molecule has 1 heterocycles. The molecule has 0 spiro atoms. The van der Waals surface area contributed by atoms with Crippen LogP contribution in [0.5, 0.6) is 11.5 Å². The van der Waals surface area contributed by atoms with Crippen molar-refractivity contribution in [1.29, 1.82) is 0 Å². The average molecular weight is 408 g/mol. The highest BCUT2D eigenvalue weighted by Gasteiger charge is 2.10. The Morgan fingerprint density at radius 1 is 0.900 bits per heavy atom. The number of hydrogen-bond donors (Lipinski definition) is 1. The molecule has 2 aromatic carbocycles. The molecule has 0 aliphatic heterocycles. The summed E-state index contributed by atoms with van der Waals surface area (Å²) in [7, 11) is 4.34. The summed E-state index contributed by atoms with van der Waals surface area (Å²) in [6.07, 6.45) is 1.39. The lowest BCUT2D eigenvalue weighted by atomic mass is 10.1. The third kappa shape index (κ3) is 4.85. The van der Waals surface area contributed by atoms with E-state index in [2.05, 4.69) is 15.3 Å². The highest BCUT2D eigenvalue weighted by Crippen LogP contribution is 2.23. The smallest absolute Gasteiger partial charge is 0.337 e. The molecule has 0 saturated heterocycles. The molecule has 0 aliphatic carbocycles. The topological polar surface area (TPSA) is 99.4 Å². The number of methoxy groups -OCH3 is 3. The number of benzene rings is 2. The van der Waals surface area contributed by atoms with Crippen LogP contribution < -0.4 is 14.9 Å². The molecule has 8 nitrogen and oxygen atoms in total. The summed E-state index contributed by atoms with van der Waals surface area (Å²) in [4.78, 5) is 23.8. The normalized spacial score (nSPS) is 10.6. The van der Waals surface area contributed by atoms with Crippen molar-refractivity contribution < 1.29 is 28.2 Å². The number of ether oxygens (including phenoxy) is 3. The molecule has 3 aromatic rings. The summed E-state index contributed by atoms with van der Waals surface area (Å²) in [6, 6.07) is 15.1. The lowest BCUT2D eigenvalue weighted by Gasteiger charge is -2.07. The van der Waals surface area contributed by atoms with Gasteiger partial charge in [0, 0.05) is 17.2 Å². The molecule has 1 aromatic heterocycles. The van der Waals surface area contributed by atoms with E-state index in [1.807, 2.05) is 0 Å². The van der Waals surface area contributed by atoms with Gasteiger partial charge in [0.1, 0.15) is 23.0 Å². The predicted molar refractivity (Wildman–Crippen MR) is 110 cm³/mol. The summed E-state index contributed by atoms with van der Waals surface area (Å²) < 4.78 is 20.7. The molecule has 3 rings (SSSR count). The van der Waals surface area contributed by atoms with E-state index in [9.17, 15) is 9.59 Å². The van der Waals surface area contributed by atoms with Crippen LogP contribution in [0.4, 0.5) is 0 Å². The standard InChI is InChI=1S/C22H20N2O6/c1-27-18-10-16(11-19(12-18)28-2)21(25)24-23-13-17-8-9-20(30-17)14-4-6-15(7-5-14)22(26)29-3/h4-13H,1-3H3,(H,24,25)/b23-13-.